The number of ether oxygens (including phenoxy) is 1. The molecule has 1 amide bonds. The molecule has 0 spiro atoms. The molecule has 0 aromatic carbocycles. The molecule has 1 heterocycles. The van der Waals surface area contributed by atoms with Crippen molar-refractivity contribution in [3.63, 3.8) is 0 Å². The van der Waals surface area contributed by atoms with Crippen molar-refractivity contribution in [2.45, 2.75) is 20.0 Å². The van der Waals surface area contributed by atoms with Crippen molar-refractivity contribution in [3.05, 3.63) is 29.6 Å². The normalized spacial score (nSPS) is 11.3. The van der Waals surface area contributed by atoms with Gasteiger partial charge in [0.25, 0.3) is 5.91 Å². The zero-order chi connectivity index (χ0) is 14.1. The fraction of sp³-hybridized carbons (Fsp3) is 0.429. The number of aromatic nitrogens is 1. The quantitative estimate of drug-likeness (QED) is 0.759. The van der Waals surface area contributed by atoms with Crippen molar-refractivity contribution in [2.75, 3.05) is 19.7 Å². The molecule has 0 aliphatic carbocycles. The first-order valence-corrected chi connectivity index (χ1v) is 6.21. The van der Waals surface area contributed by atoms with E-state index in [1.807, 2.05) is 13.8 Å². The molecule has 1 aromatic rings. The van der Waals surface area contributed by atoms with Crippen molar-refractivity contribution in [3.8, 4) is 11.8 Å². The average molecular weight is 261 g/mol. The van der Waals surface area contributed by atoms with Gasteiger partial charge in [0, 0.05) is 25.5 Å². The van der Waals surface area contributed by atoms with Gasteiger partial charge in [-0.2, -0.15) is 0 Å². The lowest BCUT2D eigenvalue weighted by atomic mass is 10.1. The number of hydrogen-bond acceptors (Lipinski definition) is 4. The van der Waals surface area contributed by atoms with E-state index in [4.69, 9.17) is 10.5 Å². The molecule has 1 unspecified atom stereocenters. The van der Waals surface area contributed by atoms with Crippen LogP contribution < -0.4 is 11.1 Å². The first-order valence-electron chi connectivity index (χ1n) is 6.21. The summed E-state index contributed by atoms with van der Waals surface area (Å²) in [5.41, 5.74) is 6.40. The molecule has 0 radical (unpaired) electrons. The highest BCUT2D eigenvalue weighted by atomic mass is 16.5. The Bertz CT molecular complexity index is 477. The fourth-order valence-electron chi connectivity index (χ4n) is 1.51. The van der Waals surface area contributed by atoms with Gasteiger partial charge in [0.05, 0.1) is 23.8 Å². The van der Waals surface area contributed by atoms with Crippen LogP contribution in [0.3, 0.4) is 0 Å². The Balaban J connectivity index is 2.71. The summed E-state index contributed by atoms with van der Waals surface area (Å²) in [6.07, 6.45) is 3.10. The summed E-state index contributed by atoms with van der Waals surface area (Å²) in [4.78, 5) is 16.0. The SMILES string of the molecule is CCOC(C)CNC(=O)c1ccncc1C#CCN. The van der Waals surface area contributed by atoms with E-state index in [0.29, 0.717) is 24.3 Å². The van der Waals surface area contributed by atoms with Crippen LogP contribution in [0.2, 0.25) is 0 Å². The van der Waals surface area contributed by atoms with Crippen molar-refractivity contribution < 1.29 is 9.53 Å². The predicted molar refractivity (Wildman–Crippen MR) is 73.6 cm³/mol. The second-order valence-corrected chi connectivity index (χ2v) is 3.90. The maximum Gasteiger partial charge on any atom is 0.252 e. The van der Waals surface area contributed by atoms with Gasteiger partial charge in [-0.1, -0.05) is 11.8 Å². The second-order valence-electron chi connectivity index (χ2n) is 3.90. The highest BCUT2D eigenvalue weighted by Crippen LogP contribution is 2.05. The van der Waals surface area contributed by atoms with Crippen molar-refractivity contribution >= 4 is 5.91 Å². The molecule has 19 heavy (non-hydrogen) atoms. The second kappa shape index (κ2) is 8.25. The van der Waals surface area contributed by atoms with Crippen LogP contribution in [0.1, 0.15) is 29.8 Å². The Kier molecular flexibility index (Phi) is 6.58. The van der Waals surface area contributed by atoms with Crippen LogP contribution in [0.4, 0.5) is 0 Å². The van der Waals surface area contributed by atoms with Crippen LogP contribution in [-0.4, -0.2) is 36.7 Å². The van der Waals surface area contributed by atoms with Gasteiger partial charge in [-0.05, 0) is 19.9 Å². The number of nitrogens with zero attached hydrogens (tertiary/aromatic N) is 1. The van der Waals surface area contributed by atoms with Crippen LogP contribution in [0.5, 0.6) is 0 Å². The largest absolute Gasteiger partial charge is 0.377 e. The van der Waals surface area contributed by atoms with Gasteiger partial charge in [0.1, 0.15) is 0 Å². The minimum absolute atomic E-state index is 0.0191. The van der Waals surface area contributed by atoms with E-state index in [0.717, 1.165) is 0 Å². The zero-order valence-electron chi connectivity index (χ0n) is 11.3. The molecular weight excluding hydrogens is 242 g/mol. The smallest absolute Gasteiger partial charge is 0.252 e. The third kappa shape index (κ3) is 5.08. The molecule has 0 saturated carbocycles. The van der Waals surface area contributed by atoms with Crippen molar-refractivity contribution in [2.24, 2.45) is 5.73 Å². The summed E-state index contributed by atoms with van der Waals surface area (Å²) in [5, 5.41) is 2.81. The topological polar surface area (TPSA) is 77.2 Å². The predicted octanol–water partition coefficient (Wildman–Crippen LogP) is 0.547. The average Bonchev–Trinajstić information content (AvgIpc) is 2.43. The van der Waals surface area contributed by atoms with Gasteiger partial charge in [-0.25, -0.2) is 0 Å². The molecule has 0 aliphatic rings. The molecule has 1 aromatic heterocycles. The van der Waals surface area contributed by atoms with E-state index in [1.165, 1.54) is 0 Å². The molecule has 3 N–H and O–H groups in total. The van der Waals surface area contributed by atoms with Gasteiger partial charge in [0.15, 0.2) is 0 Å². The van der Waals surface area contributed by atoms with Crippen molar-refractivity contribution in [1.29, 1.82) is 0 Å². The number of amides is 1. The molecule has 0 saturated heterocycles. The summed E-state index contributed by atoms with van der Waals surface area (Å²) in [5.74, 6) is 5.37. The first-order chi connectivity index (χ1) is 9.19. The van der Waals surface area contributed by atoms with Crippen LogP contribution in [0.15, 0.2) is 18.5 Å². The summed E-state index contributed by atoms with van der Waals surface area (Å²) in [7, 11) is 0. The molecule has 102 valence electrons. The van der Waals surface area contributed by atoms with Crippen LogP contribution >= 0.6 is 0 Å². The van der Waals surface area contributed by atoms with Crippen LogP contribution in [0, 0.1) is 11.8 Å². The van der Waals surface area contributed by atoms with Gasteiger partial charge in [-0.3, -0.25) is 9.78 Å². The Morgan fingerprint density at radius 1 is 1.63 bits per heavy atom. The van der Waals surface area contributed by atoms with Gasteiger partial charge in [-0.15, -0.1) is 0 Å². The maximum atomic E-state index is 12.0. The Hall–Kier alpha value is -1.90. The lowest BCUT2D eigenvalue weighted by molar-refractivity contribution is 0.0695. The monoisotopic (exact) mass is 261 g/mol. The molecular formula is C14H19N3O2. The third-order valence-electron chi connectivity index (χ3n) is 2.39. The minimum Gasteiger partial charge on any atom is -0.377 e. The summed E-state index contributed by atoms with van der Waals surface area (Å²) in [6, 6.07) is 1.64. The van der Waals surface area contributed by atoms with E-state index in [2.05, 4.69) is 22.1 Å². The zero-order valence-corrected chi connectivity index (χ0v) is 11.3. The molecule has 5 nitrogen and oxygen atoms in total. The van der Waals surface area contributed by atoms with E-state index in [9.17, 15) is 4.79 Å². The van der Waals surface area contributed by atoms with E-state index in [-0.39, 0.29) is 18.6 Å². The standard InChI is InChI=1S/C14H19N3O2/c1-3-19-11(2)9-17-14(18)13-6-8-16-10-12(13)5-4-7-15/h6,8,10-11H,3,7,9,15H2,1-2H3,(H,17,18). The number of carbonyl (C=O) groups excluding carboxylic acids is 1. The number of carbonyl (C=O) groups is 1. The van der Waals surface area contributed by atoms with Gasteiger partial charge >= 0.3 is 0 Å². The van der Waals surface area contributed by atoms with Crippen LogP contribution in [-0.2, 0) is 4.74 Å². The Morgan fingerprint density at radius 2 is 2.42 bits per heavy atom. The number of hydrogen-bond donors (Lipinski definition) is 2. The highest BCUT2D eigenvalue weighted by molar-refractivity contribution is 5.96. The number of rotatable bonds is 5. The van der Waals surface area contributed by atoms with Crippen molar-refractivity contribution in [1.82, 2.24) is 10.3 Å². The fourth-order valence-corrected chi connectivity index (χ4v) is 1.51. The minimum atomic E-state index is -0.185. The lowest BCUT2D eigenvalue weighted by Gasteiger charge is -2.13. The Labute approximate surface area is 113 Å². The Morgan fingerprint density at radius 3 is 3.11 bits per heavy atom. The number of nitrogens with one attached hydrogen (secondary N) is 1. The lowest BCUT2D eigenvalue weighted by Crippen LogP contribution is -2.32. The summed E-state index contributed by atoms with van der Waals surface area (Å²) in [6.45, 7) is 5.16. The molecule has 0 fully saturated rings. The highest BCUT2D eigenvalue weighted by Gasteiger charge is 2.11. The molecule has 1 atom stereocenters. The number of nitrogens with two attached hydrogens (primary N) is 1. The van der Waals surface area contributed by atoms with E-state index in [1.54, 1.807) is 18.5 Å². The summed E-state index contributed by atoms with van der Waals surface area (Å²) < 4.78 is 5.35. The summed E-state index contributed by atoms with van der Waals surface area (Å²) >= 11 is 0. The maximum absolute atomic E-state index is 12.0. The van der Waals surface area contributed by atoms with Crippen LogP contribution in [0.25, 0.3) is 0 Å². The third-order valence-corrected chi connectivity index (χ3v) is 2.39. The molecule has 1 rings (SSSR count). The van der Waals surface area contributed by atoms with E-state index < -0.39 is 0 Å². The molecule has 0 aliphatic heterocycles. The van der Waals surface area contributed by atoms with Gasteiger partial charge in [0.2, 0.25) is 0 Å². The van der Waals surface area contributed by atoms with Gasteiger partial charge < -0.3 is 15.8 Å². The van der Waals surface area contributed by atoms with E-state index >= 15 is 0 Å². The first kappa shape index (κ1) is 15.2. The molecule has 5 heteroatoms. The number of pyridine rings is 1. The molecule has 0 bridgehead atoms.